The van der Waals surface area contributed by atoms with Crippen LogP contribution in [-0.4, -0.2) is 32.3 Å². The maximum atomic E-state index is 13.1. The van der Waals surface area contributed by atoms with Crippen molar-refractivity contribution < 1.29 is 54.4 Å². The van der Waals surface area contributed by atoms with Gasteiger partial charge in [0.15, 0.2) is 0 Å². The number of aromatic nitrogens is 4. The molecule has 2 heterocycles. The molecule has 8 aromatic rings. The first-order valence-corrected chi connectivity index (χ1v) is 18.4. The zero-order chi connectivity index (χ0) is 43.3. The van der Waals surface area contributed by atoms with E-state index < -0.39 is 35.2 Å². The molecule has 6 aromatic carbocycles. The minimum Gasteiger partial charge on any atom is -0.545 e. The van der Waals surface area contributed by atoms with Crippen LogP contribution in [0.2, 0.25) is 0 Å². The number of rotatable bonds is 6. The van der Waals surface area contributed by atoms with Gasteiger partial charge in [0, 0.05) is 22.5 Å². The molecule has 2 N–H and O–H groups in total. The zero-order valence-electron chi connectivity index (χ0n) is 33.3. The van der Waals surface area contributed by atoms with Gasteiger partial charge in [-0.3, -0.25) is 10.2 Å². The molecule has 0 aliphatic carbocycles. The molecule has 2 aromatic heterocycles. The monoisotopic (exact) mass is 865 g/mol. The summed E-state index contributed by atoms with van der Waals surface area (Å²) in [6.07, 6.45) is 0. The smallest absolute Gasteiger partial charge is 0.545 e. The topological polar surface area (TPSA) is 138 Å². The number of nitrogens with zero attached hydrogens (tertiary/aromatic N) is 2. The second-order valence-corrected chi connectivity index (χ2v) is 13.4. The van der Waals surface area contributed by atoms with E-state index in [-0.39, 0.29) is 28.2 Å². The zero-order valence-corrected chi connectivity index (χ0v) is 34.5. The molecule has 8 rings (SSSR count). The molecule has 0 aliphatic heterocycles. The Bertz CT molecular complexity index is 2340. The van der Waals surface area contributed by atoms with Gasteiger partial charge >= 0.3 is 17.1 Å². The van der Waals surface area contributed by atoms with E-state index in [1.54, 1.807) is 36.4 Å². The molecule has 13 heteroatoms. The number of carbonyl (C=O) groups excluding carboxylic acids is 2. The summed E-state index contributed by atoms with van der Waals surface area (Å²) >= 11 is 0. The van der Waals surface area contributed by atoms with Gasteiger partial charge in [-0.2, -0.15) is 10.2 Å². The molecule has 61 heavy (non-hydrogen) atoms. The summed E-state index contributed by atoms with van der Waals surface area (Å²) in [7, 11) is 0. The molecule has 1 radical (unpaired) electrons. The number of aromatic amines is 2. The molecule has 0 bridgehead atoms. The molecule has 0 saturated carbocycles. The Kier molecular flexibility index (Phi) is 16.6. The largest absolute Gasteiger partial charge is 2.00 e. The summed E-state index contributed by atoms with van der Waals surface area (Å²) in [4.78, 5) is 23.3. The van der Waals surface area contributed by atoms with Gasteiger partial charge in [0.2, 0.25) is 0 Å². The van der Waals surface area contributed by atoms with Crippen molar-refractivity contribution >= 4 is 11.9 Å². The van der Waals surface area contributed by atoms with Crippen molar-refractivity contribution in [3.05, 3.63) is 203 Å². The van der Waals surface area contributed by atoms with E-state index in [2.05, 4.69) is 20.4 Å². The first kappa shape index (κ1) is 46.6. The van der Waals surface area contributed by atoms with E-state index in [9.17, 15) is 37.4 Å². The summed E-state index contributed by atoms with van der Waals surface area (Å²) in [5.74, 6) is -4.30. The minimum absolute atomic E-state index is 0. The maximum absolute atomic E-state index is 13.1. The summed E-state index contributed by atoms with van der Waals surface area (Å²) < 4.78 is 52.3. The van der Waals surface area contributed by atoms with Crippen molar-refractivity contribution in [1.29, 1.82) is 0 Å². The Hall–Kier alpha value is -7.08. The number of halogens is 4. The fourth-order valence-corrected chi connectivity index (χ4v) is 6.13. The molecule has 0 atom stereocenters. The second-order valence-electron chi connectivity index (χ2n) is 13.4. The number of benzene rings is 6. The number of hydrogen-bond acceptors (Lipinski definition) is 6. The van der Waals surface area contributed by atoms with Gasteiger partial charge in [-0.15, -0.1) is 0 Å². The van der Waals surface area contributed by atoms with E-state index in [1.165, 1.54) is 97.1 Å². The Morgan fingerprint density at radius 3 is 0.803 bits per heavy atom. The van der Waals surface area contributed by atoms with E-state index in [1.807, 2.05) is 39.8 Å². The van der Waals surface area contributed by atoms with Gasteiger partial charge in [-0.25, -0.2) is 17.6 Å². The summed E-state index contributed by atoms with van der Waals surface area (Å²) in [6.45, 7) is 7.90. The predicted octanol–water partition coefficient (Wildman–Crippen LogP) is 9.38. The number of carbonyl (C=O) groups is 2. The van der Waals surface area contributed by atoms with E-state index in [0.717, 1.165) is 22.8 Å². The van der Waals surface area contributed by atoms with Gasteiger partial charge in [0.1, 0.15) is 23.3 Å². The van der Waals surface area contributed by atoms with Crippen LogP contribution in [0.25, 0.3) is 44.5 Å². The number of hydrogen-bond donors (Lipinski definition) is 2. The molecule has 0 aliphatic rings. The van der Waals surface area contributed by atoms with Crippen LogP contribution in [0.1, 0.15) is 43.5 Å². The maximum Gasteiger partial charge on any atom is 2.00 e. The molecule has 8 nitrogen and oxygen atoms in total. The van der Waals surface area contributed by atoms with Gasteiger partial charge in [0.25, 0.3) is 0 Å². The average molecular weight is 866 g/mol. The van der Waals surface area contributed by atoms with Gasteiger partial charge in [-0.05, 0) is 133 Å². The fourth-order valence-electron chi connectivity index (χ4n) is 6.13. The number of aryl methyl sites for hydroxylation is 4. The number of aromatic carboxylic acids is 2. The Morgan fingerprint density at radius 2 is 0.656 bits per heavy atom. The fraction of sp³-hybridized carbons (Fsp3) is 0.0833. The number of carboxylic acid groups (broad SMARTS) is 2. The molecule has 0 saturated heterocycles. The Labute approximate surface area is 360 Å². The molecular formula is C48H38F4MnN4O4. The van der Waals surface area contributed by atoms with Crippen LogP contribution >= 0.6 is 0 Å². The third-order valence-electron chi connectivity index (χ3n) is 8.83. The third-order valence-corrected chi connectivity index (χ3v) is 8.83. The molecule has 0 spiro atoms. The SMILES string of the molecule is Cc1cc(C)[nH]n1.Cc1cc(C)[nH]n1.O=C([O-])c1c(-c2ccc(F)cc2)cccc1-c1ccc(F)cc1.O=C([O-])c1c(-c2ccc(F)cc2)cccc1-c1ccc(F)cc1.[Mn+2]. The van der Waals surface area contributed by atoms with Crippen LogP contribution in [0, 0.1) is 51.0 Å². The van der Waals surface area contributed by atoms with Crippen molar-refractivity contribution in [3.8, 4) is 44.5 Å². The first-order valence-electron chi connectivity index (χ1n) is 18.4. The number of nitrogens with one attached hydrogen (secondary N) is 2. The second kappa shape index (κ2) is 21.8. The third kappa shape index (κ3) is 13.0. The van der Waals surface area contributed by atoms with E-state index in [4.69, 9.17) is 0 Å². The van der Waals surface area contributed by atoms with Gasteiger partial charge in [-0.1, -0.05) is 84.9 Å². The molecule has 0 unspecified atom stereocenters. The molecule has 309 valence electrons. The quantitative estimate of drug-likeness (QED) is 0.126. The minimum atomic E-state index is -1.34. The Balaban J connectivity index is 0.000000202. The van der Waals surface area contributed by atoms with Crippen LogP contribution in [0.15, 0.2) is 146 Å². The average Bonchev–Trinajstić information content (AvgIpc) is 3.82. The number of H-pyrrole nitrogens is 2. The summed E-state index contributed by atoms with van der Waals surface area (Å²) in [6, 6.07) is 36.1. The molecule has 0 amide bonds. The first-order chi connectivity index (χ1) is 28.7. The van der Waals surface area contributed by atoms with Crippen molar-refractivity contribution in [3.63, 3.8) is 0 Å². The summed E-state index contributed by atoms with van der Waals surface area (Å²) in [5.41, 5.74) is 8.28. The predicted molar refractivity (Wildman–Crippen MR) is 219 cm³/mol. The molecular weight excluding hydrogens is 827 g/mol. The van der Waals surface area contributed by atoms with Gasteiger partial charge in [0.05, 0.1) is 23.3 Å². The standard InChI is InChI=1S/2C19H12F2O2.2C5H8N2.Mn/c2*20-14-8-4-12(5-9-14)16-2-1-3-17(18(16)19(22)23)13-6-10-15(21)11-7-13;2*1-4-3-5(2)7-6-4;/h2*1-11H,(H,22,23);2*3H,1-2H3,(H,6,7);/q;;;;+2/p-2. The van der Waals surface area contributed by atoms with Crippen LogP contribution in [0.3, 0.4) is 0 Å². The van der Waals surface area contributed by atoms with Crippen LogP contribution in [-0.2, 0) is 17.1 Å². The van der Waals surface area contributed by atoms with Crippen molar-refractivity contribution in [2.75, 3.05) is 0 Å². The van der Waals surface area contributed by atoms with E-state index >= 15 is 0 Å². The van der Waals surface area contributed by atoms with E-state index in [0.29, 0.717) is 44.5 Å². The molecule has 0 fully saturated rings. The normalized spacial score (nSPS) is 10.1. The van der Waals surface area contributed by atoms with Crippen molar-refractivity contribution in [1.82, 2.24) is 20.4 Å². The van der Waals surface area contributed by atoms with Crippen molar-refractivity contribution in [2.24, 2.45) is 0 Å². The summed E-state index contributed by atoms with van der Waals surface area (Å²) in [5, 5.41) is 36.7. The van der Waals surface area contributed by atoms with Crippen molar-refractivity contribution in [2.45, 2.75) is 27.7 Å². The Morgan fingerprint density at radius 1 is 0.426 bits per heavy atom. The number of carboxylic acids is 2. The van der Waals surface area contributed by atoms with Crippen LogP contribution < -0.4 is 10.2 Å². The van der Waals surface area contributed by atoms with Crippen LogP contribution in [0.5, 0.6) is 0 Å². The van der Waals surface area contributed by atoms with Gasteiger partial charge < -0.3 is 19.8 Å². The van der Waals surface area contributed by atoms with Crippen LogP contribution in [0.4, 0.5) is 17.6 Å².